The molecule has 2 heterocycles. The van der Waals surface area contributed by atoms with Crippen molar-refractivity contribution < 1.29 is 4.79 Å². The molecule has 0 aromatic carbocycles. The number of rotatable bonds is 3. The largest absolute Gasteiger partial charge is 0.350 e. The Kier molecular flexibility index (Phi) is 4.42. The second kappa shape index (κ2) is 5.91. The van der Waals surface area contributed by atoms with Crippen LogP contribution in [0.15, 0.2) is 0 Å². The van der Waals surface area contributed by atoms with Crippen LogP contribution in [0.2, 0.25) is 0 Å². The van der Waals surface area contributed by atoms with E-state index < -0.39 is 0 Å². The van der Waals surface area contributed by atoms with Gasteiger partial charge in [-0.05, 0) is 38.3 Å². The molecule has 1 aromatic heterocycles. The Balaban J connectivity index is 2.06. The lowest BCUT2D eigenvalue weighted by atomic mass is 9.97. The fraction of sp³-hybridized carbons (Fsp3) is 0.786. The quantitative estimate of drug-likeness (QED) is 0.874. The standard InChI is InChI=1S/C14H25N5O/c1-10-12(13(20)16-9-14(2,3)4)17-18-19(10)11-5-7-15-8-6-11/h11,15H,5-9H2,1-4H3,(H,16,20). The van der Waals surface area contributed by atoms with Gasteiger partial charge < -0.3 is 10.6 Å². The van der Waals surface area contributed by atoms with Crippen molar-refractivity contribution in [2.24, 2.45) is 5.41 Å². The maximum absolute atomic E-state index is 12.2. The van der Waals surface area contributed by atoms with Gasteiger partial charge in [-0.2, -0.15) is 0 Å². The first-order valence-electron chi connectivity index (χ1n) is 7.29. The van der Waals surface area contributed by atoms with E-state index in [1.165, 1.54) is 0 Å². The van der Waals surface area contributed by atoms with Crippen LogP contribution in [0.25, 0.3) is 0 Å². The summed E-state index contributed by atoms with van der Waals surface area (Å²) >= 11 is 0. The van der Waals surface area contributed by atoms with Crippen molar-refractivity contribution in [3.05, 3.63) is 11.4 Å². The highest BCUT2D eigenvalue weighted by Crippen LogP contribution is 2.20. The summed E-state index contributed by atoms with van der Waals surface area (Å²) < 4.78 is 1.91. The number of carbonyl (C=O) groups is 1. The van der Waals surface area contributed by atoms with Crippen LogP contribution in [0.1, 0.15) is 55.8 Å². The van der Waals surface area contributed by atoms with E-state index in [2.05, 4.69) is 41.7 Å². The minimum Gasteiger partial charge on any atom is -0.350 e. The lowest BCUT2D eigenvalue weighted by Gasteiger charge is -2.23. The molecule has 1 aromatic rings. The summed E-state index contributed by atoms with van der Waals surface area (Å²) in [5, 5.41) is 14.5. The molecule has 1 aliphatic heterocycles. The molecule has 0 spiro atoms. The van der Waals surface area contributed by atoms with Crippen molar-refractivity contribution in [1.29, 1.82) is 0 Å². The molecule has 2 N–H and O–H groups in total. The van der Waals surface area contributed by atoms with Gasteiger partial charge >= 0.3 is 0 Å². The zero-order valence-corrected chi connectivity index (χ0v) is 12.9. The predicted octanol–water partition coefficient (Wildman–Crippen LogP) is 1.29. The molecule has 1 fully saturated rings. The number of aromatic nitrogens is 3. The predicted molar refractivity (Wildman–Crippen MR) is 77.7 cm³/mol. The number of piperidine rings is 1. The van der Waals surface area contributed by atoms with Crippen molar-refractivity contribution in [2.75, 3.05) is 19.6 Å². The number of hydrogen-bond donors (Lipinski definition) is 2. The van der Waals surface area contributed by atoms with E-state index in [0.717, 1.165) is 31.6 Å². The Morgan fingerprint density at radius 1 is 1.40 bits per heavy atom. The number of amides is 1. The van der Waals surface area contributed by atoms with Gasteiger partial charge in [0.05, 0.1) is 11.7 Å². The Morgan fingerprint density at radius 2 is 2.05 bits per heavy atom. The third-order valence-electron chi connectivity index (χ3n) is 3.58. The number of nitrogens with zero attached hydrogens (tertiary/aromatic N) is 3. The van der Waals surface area contributed by atoms with Crippen molar-refractivity contribution in [3.63, 3.8) is 0 Å². The minimum absolute atomic E-state index is 0.0641. The Hall–Kier alpha value is -1.43. The Bertz CT molecular complexity index is 468. The van der Waals surface area contributed by atoms with Gasteiger partial charge in [0.25, 0.3) is 5.91 Å². The fourth-order valence-corrected chi connectivity index (χ4v) is 2.38. The molecule has 6 nitrogen and oxygen atoms in total. The van der Waals surface area contributed by atoms with Gasteiger partial charge in [-0.1, -0.05) is 26.0 Å². The maximum Gasteiger partial charge on any atom is 0.273 e. The average molecular weight is 279 g/mol. The first kappa shape index (κ1) is 15.0. The minimum atomic E-state index is -0.127. The lowest BCUT2D eigenvalue weighted by Crippen LogP contribution is -2.33. The van der Waals surface area contributed by atoms with Gasteiger partial charge in [-0.15, -0.1) is 5.10 Å². The van der Waals surface area contributed by atoms with Crippen molar-refractivity contribution >= 4 is 5.91 Å². The first-order valence-corrected chi connectivity index (χ1v) is 7.29. The summed E-state index contributed by atoms with van der Waals surface area (Å²) in [7, 11) is 0. The molecular formula is C14H25N5O. The van der Waals surface area contributed by atoms with Crippen LogP contribution in [0.5, 0.6) is 0 Å². The molecule has 0 radical (unpaired) electrons. The van der Waals surface area contributed by atoms with E-state index in [9.17, 15) is 4.79 Å². The molecule has 1 aliphatic rings. The second-order valence-electron chi connectivity index (χ2n) is 6.69. The number of carbonyl (C=O) groups excluding carboxylic acids is 1. The summed E-state index contributed by atoms with van der Waals surface area (Å²) in [6.45, 7) is 10.8. The molecule has 0 atom stereocenters. The van der Waals surface area contributed by atoms with Gasteiger partial charge in [0.2, 0.25) is 0 Å². The van der Waals surface area contributed by atoms with E-state index in [1.54, 1.807) is 0 Å². The van der Waals surface area contributed by atoms with Crippen LogP contribution in [0.3, 0.4) is 0 Å². The summed E-state index contributed by atoms with van der Waals surface area (Å²) in [5.41, 5.74) is 1.38. The van der Waals surface area contributed by atoms with Crippen LogP contribution in [0, 0.1) is 12.3 Å². The molecular weight excluding hydrogens is 254 g/mol. The zero-order chi connectivity index (χ0) is 14.8. The molecule has 6 heteroatoms. The number of hydrogen-bond acceptors (Lipinski definition) is 4. The first-order chi connectivity index (χ1) is 9.38. The van der Waals surface area contributed by atoms with E-state index in [1.807, 2.05) is 11.6 Å². The van der Waals surface area contributed by atoms with Gasteiger partial charge in [0.1, 0.15) is 0 Å². The summed E-state index contributed by atoms with van der Waals surface area (Å²) in [6, 6.07) is 0.355. The van der Waals surface area contributed by atoms with Gasteiger partial charge in [0.15, 0.2) is 5.69 Å². The highest BCUT2D eigenvalue weighted by atomic mass is 16.2. The third-order valence-corrected chi connectivity index (χ3v) is 3.58. The van der Waals surface area contributed by atoms with E-state index in [4.69, 9.17) is 0 Å². The lowest BCUT2D eigenvalue weighted by molar-refractivity contribution is 0.0933. The summed E-state index contributed by atoms with van der Waals surface area (Å²) in [4.78, 5) is 12.2. The summed E-state index contributed by atoms with van der Waals surface area (Å²) in [6.07, 6.45) is 2.07. The molecule has 0 unspecified atom stereocenters. The van der Waals surface area contributed by atoms with Gasteiger partial charge in [-0.3, -0.25) is 4.79 Å². The summed E-state index contributed by atoms with van der Waals surface area (Å²) in [5.74, 6) is -0.127. The topological polar surface area (TPSA) is 71.8 Å². The van der Waals surface area contributed by atoms with E-state index in [0.29, 0.717) is 18.3 Å². The fourth-order valence-electron chi connectivity index (χ4n) is 2.38. The van der Waals surface area contributed by atoms with Gasteiger partial charge in [0, 0.05) is 6.54 Å². The van der Waals surface area contributed by atoms with Crippen LogP contribution in [-0.2, 0) is 0 Å². The molecule has 1 saturated heterocycles. The zero-order valence-electron chi connectivity index (χ0n) is 12.9. The van der Waals surface area contributed by atoms with E-state index in [-0.39, 0.29) is 11.3 Å². The molecule has 0 bridgehead atoms. The molecule has 20 heavy (non-hydrogen) atoms. The monoisotopic (exact) mass is 279 g/mol. The Morgan fingerprint density at radius 3 is 2.65 bits per heavy atom. The van der Waals surface area contributed by atoms with Gasteiger partial charge in [-0.25, -0.2) is 4.68 Å². The van der Waals surface area contributed by atoms with Crippen molar-refractivity contribution in [1.82, 2.24) is 25.6 Å². The third kappa shape index (κ3) is 3.56. The Labute approximate surface area is 120 Å². The smallest absolute Gasteiger partial charge is 0.273 e. The molecule has 2 rings (SSSR count). The number of nitrogens with one attached hydrogen (secondary N) is 2. The molecule has 1 amide bonds. The van der Waals surface area contributed by atoms with Crippen molar-refractivity contribution in [2.45, 2.75) is 46.6 Å². The second-order valence-corrected chi connectivity index (χ2v) is 6.69. The van der Waals surface area contributed by atoms with Crippen LogP contribution < -0.4 is 10.6 Å². The normalized spacial score (nSPS) is 17.2. The average Bonchev–Trinajstić information content (AvgIpc) is 2.78. The maximum atomic E-state index is 12.2. The molecule has 112 valence electrons. The highest BCUT2D eigenvalue weighted by Gasteiger charge is 2.23. The van der Waals surface area contributed by atoms with Crippen LogP contribution in [-0.4, -0.2) is 40.5 Å². The highest BCUT2D eigenvalue weighted by molar-refractivity contribution is 5.93. The van der Waals surface area contributed by atoms with Crippen molar-refractivity contribution in [3.8, 4) is 0 Å². The molecule has 0 aliphatic carbocycles. The molecule has 0 saturated carbocycles. The SMILES string of the molecule is Cc1c(C(=O)NCC(C)(C)C)nnn1C1CCNCC1. The van der Waals surface area contributed by atoms with Crippen LogP contribution >= 0.6 is 0 Å². The van der Waals surface area contributed by atoms with E-state index >= 15 is 0 Å². The van der Waals surface area contributed by atoms with Crippen LogP contribution in [0.4, 0.5) is 0 Å².